The lowest BCUT2D eigenvalue weighted by Crippen LogP contribution is -2.21. The van der Waals surface area contributed by atoms with Crippen molar-refractivity contribution in [3.63, 3.8) is 0 Å². The molecule has 0 spiro atoms. The zero-order chi connectivity index (χ0) is 24.2. The van der Waals surface area contributed by atoms with Crippen LogP contribution in [0.2, 0.25) is 0 Å². The lowest BCUT2D eigenvalue weighted by Gasteiger charge is -2.23. The van der Waals surface area contributed by atoms with Crippen molar-refractivity contribution in [2.75, 3.05) is 50.1 Å². The average Bonchev–Trinajstić information content (AvgIpc) is 3.62. The van der Waals surface area contributed by atoms with E-state index in [4.69, 9.17) is 0 Å². The Hall–Kier alpha value is -3.29. The number of nitrogens with one attached hydrogen (secondary N) is 2. The van der Waals surface area contributed by atoms with Crippen molar-refractivity contribution in [1.82, 2.24) is 10.6 Å². The Kier molecular flexibility index (Phi) is 9.78. The Balaban J connectivity index is 0.00000190. The second-order valence-electron chi connectivity index (χ2n) is 9.01. The van der Waals surface area contributed by atoms with Gasteiger partial charge >= 0.3 is 0 Å². The van der Waals surface area contributed by atoms with E-state index in [0.29, 0.717) is 24.2 Å². The number of hydrogen-bond donors (Lipinski definition) is 2. The molecule has 2 heterocycles. The molecule has 0 saturated carbocycles. The van der Waals surface area contributed by atoms with Gasteiger partial charge in [0, 0.05) is 73.9 Å². The minimum absolute atomic E-state index is 0. The number of benzene rings is 3. The Labute approximate surface area is 230 Å². The summed E-state index contributed by atoms with van der Waals surface area (Å²) in [5.41, 5.74) is 5.61. The highest BCUT2D eigenvalue weighted by Crippen LogP contribution is 2.23. The van der Waals surface area contributed by atoms with E-state index in [-0.39, 0.29) is 30.6 Å². The smallest absolute Gasteiger partial charge is 0.133 e. The molecule has 3 aromatic rings. The largest absolute Gasteiger partial charge is 0.370 e. The first-order chi connectivity index (χ1) is 17.1. The second kappa shape index (κ2) is 12.8. The number of rotatable bonds is 8. The summed E-state index contributed by atoms with van der Waals surface area (Å²) in [6, 6.07) is 22.2. The maximum Gasteiger partial charge on any atom is 0.133 e. The molecule has 0 saturated heterocycles. The Morgan fingerprint density at radius 1 is 0.676 bits per heavy atom. The zero-order valence-electron chi connectivity index (χ0n) is 21.1. The van der Waals surface area contributed by atoms with Crippen LogP contribution in [0.5, 0.6) is 0 Å². The highest BCUT2D eigenvalue weighted by molar-refractivity contribution is 6.00. The molecule has 0 bridgehead atoms. The van der Waals surface area contributed by atoms with Gasteiger partial charge in [-0.25, -0.2) is 4.39 Å². The van der Waals surface area contributed by atoms with Gasteiger partial charge in [-0.3, -0.25) is 9.98 Å². The van der Waals surface area contributed by atoms with Crippen LogP contribution >= 0.6 is 24.8 Å². The fourth-order valence-corrected chi connectivity index (χ4v) is 4.50. The van der Waals surface area contributed by atoms with Crippen molar-refractivity contribution in [1.29, 1.82) is 0 Å². The van der Waals surface area contributed by atoms with E-state index in [2.05, 4.69) is 78.9 Å². The zero-order valence-corrected chi connectivity index (χ0v) is 22.7. The molecular weight excluding hydrogens is 510 g/mol. The van der Waals surface area contributed by atoms with E-state index in [1.54, 1.807) is 0 Å². The molecule has 0 radical (unpaired) electrons. The van der Waals surface area contributed by atoms with Crippen LogP contribution in [0.3, 0.4) is 0 Å². The van der Waals surface area contributed by atoms with E-state index < -0.39 is 0 Å². The summed E-state index contributed by atoms with van der Waals surface area (Å²) in [4.78, 5) is 13.1. The first-order valence-corrected chi connectivity index (χ1v) is 12.0. The summed E-state index contributed by atoms with van der Waals surface area (Å²) in [5, 5.41) is 6.59. The third kappa shape index (κ3) is 6.53. The van der Waals surface area contributed by atoms with Crippen molar-refractivity contribution >= 4 is 47.9 Å². The summed E-state index contributed by atoms with van der Waals surface area (Å²) < 4.78 is 15.5. The van der Waals surface area contributed by atoms with Crippen LogP contribution < -0.4 is 20.4 Å². The molecule has 3 aromatic carbocycles. The first-order valence-electron chi connectivity index (χ1n) is 12.0. The van der Waals surface area contributed by atoms with E-state index in [1.807, 2.05) is 32.3 Å². The Bertz CT molecular complexity index is 1150. The third-order valence-corrected chi connectivity index (χ3v) is 6.49. The number of anilines is 2. The van der Waals surface area contributed by atoms with Gasteiger partial charge in [-0.1, -0.05) is 18.2 Å². The summed E-state index contributed by atoms with van der Waals surface area (Å²) in [7, 11) is 3.98. The summed E-state index contributed by atoms with van der Waals surface area (Å²) >= 11 is 0. The highest BCUT2D eigenvalue weighted by atomic mass is 35.5. The van der Waals surface area contributed by atoms with E-state index >= 15 is 4.39 Å². The van der Waals surface area contributed by atoms with Crippen LogP contribution in [-0.4, -0.2) is 51.9 Å². The normalized spacial score (nSPS) is 13.9. The highest BCUT2D eigenvalue weighted by Gasteiger charge is 2.14. The predicted molar refractivity (Wildman–Crippen MR) is 157 cm³/mol. The number of halogens is 3. The van der Waals surface area contributed by atoms with Crippen LogP contribution in [0.1, 0.15) is 22.3 Å². The van der Waals surface area contributed by atoms with Gasteiger partial charge in [0.25, 0.3) is 0 Å². The van der Waals surface area contributed by atoms with Crippen molar-refractivity contribution < 1.29 is 4.39 Å². The standard InChI is InChI=1S/C28H31FN6.2ClH/c1-34(24-10-6-20(7-11-24)27-30-14-15-31-27)18-22-4-3-5-23(26(22)29)19-35(2)25-12-8-21(9-13-25)28-32-16-17-33-28;;/h3-13H,14-19H2,1-2H3,(H,30,31)(H,32,33);2*1H. The van der Waals surface area contributed by atoms with Crippen molar-refractivity contribution in [2.24, 2.45) is 9.98 Å². The third-order valence-electron chi connectivity index (χ3n) is 6.49. The topological polar surface area (TPSA) is 55.3 Å². The van der Waals surface area contributed by atoms with E-state index in [0.717, 1.165) is 60.4 Å². The van der Waals surface area contributed by atoms with Gasteiger partial charge in [0.1, 0.15) is 17.5 Å². The summed E-state index contributed by atoms with van der Waals surface area (Å²) in [6.07, 6.45) is 0. The molecule has 5 rings (SSSR count). The van der Waals surface area contributed by atoms with Crippen LogP contribution in [-0.2, 0) is 13.1 Å². The van der Waals surface area contributed by atoms with Crippen LogP contribution in [0.4, 0.5) is 15.8 Å². The molecule has 0 fully saturated rings. The molecule has 37 heavy (non-hydrogen) atoms. The van der Waals surface area contributed by atoms with Crippen molar-refractivity contribution in [2.45, 2.75) is 13.1 Å². The summed E-state index contributed by atoms with van der Waals surface area (Å²) in [5.74, 6) is 1.75. The maximum absolute atomic E-state index is 15.5. The van der Waals surface area contributed by atoms with Crippen LogP contribution in [0.25, 0.3) is 0 Å². The van der Waals surface area contributed by atoms with Crippen molar-refractivity contribution in [3.8, 4) is 0 Å². The molecule has 2 N–H and O–H groups in total. The molecule has 0 aliphatic carbocycles. The number of amidine groups is 2. The number of nitrogens with zero attached hydrogens (tertiary/aromatic N) is 4. The van der Waals surface area contributed by atoms with Gasteiger partial charge in [0.05, 0.1) is 13.1 Å². The Morgan fingerprint density at radius 3 is 1.43 bits per heavy atom. The molecule has 0 atom stereocenters. The molecule has 2 aliphatic heterocycles. The molecule has 2 aliphatic rings. The molecule has 9 heteroatoms. The van der Waals surface area contributed by atoms with Gasteiger partial charge in [-0.05, 0) is 48.5 Å². The lowest BCUT2D eigenvalue weighted by molar-refractivity contribution is 0.589. The SMILES string of the molecule is CN(Cc1cccc(CN(C)c2ccc(C3=NCCN3)cc2)c1F)c1ccc(C2=NCCN2)cc1.Cl.Cl. The van der Waals surface area contributed by atoms with Crippen LogP contribution in [0, 0.1) is 5.82 Å². The van der Waals surface area contributed by atoms with Crippen LogP contribution in [0.15, 0.2) is 76.7 Å². The van der Waals surface area contributed by atoms with Gasteiger partial charge in [0.15, 0.2) is 0 Å². The maximum atomic E-state index is 15.5. The predicted octanol–water partition coefficient (Wildman–Crippen LogP) is 4.64. The summed E-state index contributed by atoms with van der Waals surface area (Å²) in [6.45, 7) is 4.40. The van der Waals surface area contributed by atoms with E-state index in [9.17, 15) is 0 Å². The van der Waals surface area contributed by atoms with Gasteiger partial charge in [0.2, 0.25) is 0 Å². The molecule has 196 valence electrons. The van der Waals surface area contributed by atoms with E-state index in [1.165, 1.54) is 0 Å². The molecule has 0 unspecified atom stereocenters. The molecule has 0 amide bonds. The number of aliphatic imine (C=N–C) groups is 2. The fraction of sp³-hybridized carbons (Fsp3) is 0.286. The molecular formula is C28H33Cl2FN6. The number of hydrogen-bond acceptors (Lipinski definition) is 6. The van der Waals surface area contributed by atoms with Gasteiger partial charge < -0.3 is 20.4 Å². The first kappa shape index (κ1) is 28.3. The second-order valence-corrected chi connectivity index (χ2v) is 9.01. The lowest BCUT2D eigenvalue weighted by atomic mass is 10.1. The quantitative estimate of drug-likeness (QED) is 0.435. The fourth-order valence-electron chi connectivity index (χ4n) is 4.50. The monoisotopic (exact) mass is 542 g/mol. The van der Waals surface area contributed by atoms with Gasteiger partial charge in [-0.15, -0.1) is 24.8 Å². The Morgan fingerprint density at radius 2 is 1.08 bits per heavy atom. The minimum atomic E-state index is -0.145. The molecule has 6 nitrogen and oxygen atoms in total. The van der Waals surface area contributed by atoms with Crippen molar-refractivity contribution in [3.05, 3.63) is 94.8 Å². The van der Waals surface area contributed by atoms with Gasteiger partial charge in [-0.2, -0.15) is 0 Å². The molecule has 0 aromatic heterocycles. The minimum Gasteiger partial charge on any atom is -0.370 e. The average molecular weight is 544 g/mol.